The molecule has 5 atom stereocenters. The Kier molecular flexibility index (Phi) is 3.99. The Labute approximate surface area is 137 Å². The van der Waals surface area contributed by atoms with Crippen molar-refractivity contribution < 1.29 is 38.4 Å². The van der Waals surface area contributed by atoms with E-state index in [-0.39, 0.29) is 18.3 Å². The molecule has 0 radical (unpaired) electrons. The maximum atomic E-state index is 11.5. The van der Waals surface area contributed by atoms with Gasteiger partial charge in [-0.3, -0.25) is 0 Å². The van der Waals surface area contributed by atoms with Crippen molar-refractivity contribution in [3.63, 3.8) is 0 Å². The van der Waals surface area contributed by atoms with E-state index in [0.29, 0.717) is 6.42 Å². The van der Waals surface area contributed by atoms with Gasteiger partial charge in [-0.05, 0) is 6.42 Å². The van der Waals surface area contributed by atoms with Crippen molar-refractivity contribution in [3.8, 4) is 0 Å². The monoisotopic (exact) mass is 342 g/mol. The molecule has 0 spiro atoms. The molecule has 0 aromatic heterocycles. The van der Waals surface area contributed by atoms with Crippen LogP contribution in [0.1, 0.15) is 6.42 Å². The summed E-state index contributed by atoms with van der Waals surface area (Å²) in [5.41, 5.74) is -0.822. The normalized spacial score (nSPS) is 35.5. The van der Waals surface area contributed by atoms with Gasteiger partial charge in [-0.2, -0.15) is 0 Å². The molecule has 5 unspecified atom stereocenters. The number of carboxylic acid groups (broad SMARTS) is 1. The summed E-state index contributed by atoms with van der Waals surface area (Å²) in [6.07, 6.45) is -1.11. The quantitative estimate of drug-likeness (QED) is 0.598. The Morgan fingerprint density at radius 1 is 1.33 bits per heavy atom. The van der Waals surface area contributed by atoms with E-state index in [9.17, 15) is 19.5 Å². The molecule has 1 saturated heterocycles. The second-order valence-corrected chi connectivity index (χ2v) is 5.79. The van der Waals surface area contributed by atoms with Crippen LogP contribution in [0.5, 0.6) is 0 Å². The largest absolute Gasteiger partial charge is 0.478 e. The summed E-state index contributed by atoms with van der Waals surface area (Å²) in [5, 5.41) is 14.0. The number of nitrogens with one attached hydrogen (secondary N) is 2. The zero-order valence-electron chi connectivity index (χ0n) is 13.1. The SMILES string of the molecule is CNC(=O)OCC12OC1CC1C(C(=O)O)=COC(OC(=O)NC)C12. The minimum absolute atomic E-state index is 0.0810. The minimum Gasteiger partial charge on any atom is -0.478 e. The first kappa shape index (κ1) is 16.4. The van der Waals surface area contributed by atoms with Crippen molar-refractivity contribution in [2.24, 2.45) is 11.8 Å². The average Bonchev–Trinajstić information content (AvgIpc) is 3.16. The average molecular weight is 342 g/mol. The number of ether oxygens (including phenoxy) is 4. The van der Waals surface area contributed by atoms with Crippen LogP contribution < -0.4 is 10.6 Å². The molecule has 10 nitrogen and oxygen atoms in total. The van der Waals surface area contributed by atoms with Gasteiger partial charge in [-0.25, -0.2) is 14.4 Å². The lowest BCUT2D eigenvalue weighted by atomic mass is 9.81. The van der Waals surface area contributed by atoms with Gasteiger partial charge in [0.15, 0.2) is 0 Å². The second-order valence-electron chi connectivity index (χ2n) is 5.79. The van der Waals surface area contributed by atoms with Gasteiger partial charge in [-0.15, -0.1) is 0 Å². The molecule has 2 amide bonds. The molecule has 0 aromatic carbocycles. The minimum atomic E-state index is -1.10. The van der Waals surface area contributed by atoms with Crippen LogP contribution in [0.2, 0.25) is 0 Å². The number of carboxylic acids is 1. The first-order chi connectivity index (χ1) is 11.4. The Hall–Kier alpha value is -2.49. The molecule has 1 aliphatic carbocycles. The van der Waals surface area contributed by atoms with Gasteiger partial charge in [0.25, 0.3) is 6.29 Å². The fourth-order valence-corrected chi connectivity index (χ4v) is 3.49. The van der Waals surface area contributed by atoms with E-state index in [1.165, 1.54) is 14.1 Å². The highest BCUT2D eigenvalue weighted by atomic mass is 16.7. The molecule has 2 aliphatic heterocycles. The molecule has 3 rings (SSSR count). The predicted molar refractivity (Wildman–Crippen MR) is 75.7 cm³/mol. The van der Waals surface area contributed by atoms with Gasteiger partial charge >= 0.3 is 18.2 Å². The topological polar surface area (TPSA) is 136 Å². The first-order valence-electron chi connectivity index (χ1n) is 7.42. The molecule has 2 heterocycles. The van der Waals surface area contributed by atoms with Crippen molar-refractivity contribution in [1.82, 2.24) is 10.6 Å². The highest BCUT2D eigenvalue weighted by Gasteiger charge is 2.74. The number of fused-ring (bicyclic) bond motifs is 3. The summed E-state index contributed by atoms with van der Waals surface area (Å²) >= 11 is 0. The Balaban J connectivity index is 1.83. The molecular formula is C14H18N2O8. The van der Waals surface area contributed by atoms with Gasteiger partial charge in [0, 0.05) is 20.0 Å². The van der Waals surface area contributed by atoms with E-state index in [0.717, 1.165) is 6.26 Å². The zero-order chi connectivity index (χ0) is 17.5. The van der Waals surface area contributed by atoms with Crippen molar-refractivity contribution in [2.45, 2.75) is 24.4 Å². The maximum Gasteiger partial charge on any atom is 0.409 e. The van der Waals surface area contributed by atoms with Gasteiger partial charge in [-0.1, -0.05) is 0 Å². The lowest BCUT2D eigenvalue weighted by Gasteiger charge is -2.36. The van der Waals surface area contributed by atoms with Crippen LogP contribution in [-0.2, 0) is 23.7 Å². The smallest absolute Gasteiger partial charge is 0.409 e. The van der Waals surface area contributed by atoms with Crippen molar-refractivity contribution >= 4 is 18.2 Å². The van der Waals surface area contributed by atoms with Gasteiger partial charge in [0.2, 0.25) is 0 Å². The molecule has 3 N–H and O–H groups in total. The maximum absolute atomic E-state index is 11.5. The number of carbonyl (C=O) groups is 3. The lowest BCUT2D eigenvalue weighted by Crippen LogP contribution is -2.47. The molecule has 24 heavy (non-hydrogen) atoms. The number of rotatable bonds is 4. The van der Waals surface area contributed by atoms with Gasteiger partial charge < -0.3 is 34.7 Å². The number of hydrogen-bond donors (Lipinski definition) is 3. The van der Waals surface area contributed by atoms with E-state index in [2.05, 4.69) is 10.6 Å². The number of hydrogen-bond acceptors (Lipinski definition) is 7. The van der Waals surface area contributed by atoms with E-state index in [1.807, 2.05) is 0 Å². The first-order valence-corrected chi connectivity index (χ1v) is 7.42. The highest BCUT2D eigenvalue weighted by molar-refractivity contribution is 5.87. The molecule has 10 heteroatoms. The molecule has 2 fully saturated rings. The van der Waals surface area contributed by atoms with Crippen LogP contribution in [0.3, 0.4) is 0 Å². The van der Waals surface area contributed by atoms with E-state index in [1.54, 1.807) is 0 Å². The third kappa shape index (κ3) is 2.52. The van der Waals surface area contributed by atoms with Gasteiger partial charge in [0.05, 0.1) is 23.9 Å². The summed E-state index contributed by atoms with van der Waals surface area (Å²) in [5.74, 6) is -2.11. The van der Waals surface area contributed by atoms with E-state index >= 15 is 0 Å². The van der Waals surface area contributed by atoms with Crippen molar-refractivity contribution in [1.29, 1.82) is 0 Å². The Morgan fingerprint density at radius 2 is 2.04 bits per heavy atom. The van der Waals surface area contributed by atoms with Crippen LogP contribution in [0, 0.1) is 11.8 Å². The van der Waals surface area contributed by atoms with Crippen molar-refractivity contribution in [2.75, 3.05) is 20.7 Å². The number of alkyl carbamates (subject to hydrolysis) is 2. The van der Waals surface area contributed by atoms with E-state index < -0.39 is 41.9 Å². The molecule has 132 valence electrons. The summed E-state index contributed by atoms with van der Waals surface area (Å²) < 4.78 is 21.3. The molecule has 0 aromatic rings. The van der Waals surface area contributed by atoms with Crippen LogP contribution in [0.25, 0.3) is 0 Å². The van der Waals surface area contributed by atoms with Gasteiger partial charge in [0.1, 0.15) is 12.2 Å². The fourth-order valence-electron chi connectivity index (χ4n) is 3.49. The Bertz CT molecular complexity index is 606. The molecule has 3 aliphatic rings. The summed E-state index contributed by atoms with van der Waals surface area (Å²) in [6, 6.07) is 0. The Morgan fingerprint density at radius 3 is 2.67 bits per heavy atom. The van der Waals surface area contributed by atoms with Crippen LogP contribution in [0.15, 0.2) is 11.8 Å². The van der Waals surface area contributed by atoms with Crippen LogP contribution in [0.4, 0.5) is 9.59 Å². The fraction of sp³-hybridized carbons (Fsp3) is 0.643. The van der Waals surface area contributed by atoms with Crippen LogP contribution >= 0.6 is 0 Å². The highest BCUT2D eigenvalue weighted by Crippen LogP contribution is 2.61. The second kappa shape index (κ2) is 5.86. The summed E-state index contributed by atoms with van der Waals surface area (Å²) in [7, 11) is 2.83. The number of aliphatic carboxylic acids is 1. The van der Waals surface area contributed by atoms with E-state index in [4.69, 9.17) is 18.9 Å². The summed E-state index contributed by atoms with van der Waals surface area (Å²) in [6.45, 7) is -0.0810. The third-order valence-corrected chi connectivity index (χ3v) is 4.64. The number of carbonyl (C=O) groups excluding carboxylic acids is 2. The summed E-state index contributed by atoms with van der Waals surface area (Å²) in [4.78, 5) is 34.3. The molecule has 1 saturated carbocycles. The zero-order valence-corrected chi connectivity index (χ0v) is 13.1. The number of amides is 2. The standard InChI is InChI=1S/C14H18N2O8/c1-15-12(19)22-5-14-8(24-14)3-6-7(10(17)18)4-21-11(9(6)14)23-13(20)16-2/h4,6,8-9,11H,3,5H2,1-2H3,(H,15,19)(H,16,20)(H,17,18). The van der Waals surface area contributed by atoms with Crippen molar-refractivity contribution in [3.05, 3.63) is 11.8 Å². The van der Waals surface area contributed by atoms with Crippen LogP contribution in [-0.4, -0.2) is 62.0 Å². The molecular weight excluding hydrogens is 324 g/mol. The third-order valence-electron chi connectivity index (χ3n) is 4.64. The number of epoxide rings is 1. The lowest BCUT2D eigenvalue weighted by molar-refractivity contribution is -0.152. The predicted octanol–water partition coefficient (Wildman–Crippen LogP) is -0.203. The molecule has 0 bridgehead atoms.